The smallest absolute Gasteiger partial charge is 0.255 e. The Kier molecular flexibility index (Phi) is 4.72. The van der Waals surface area contributed by atoms with Gasteiger partial charge in [-0.05, 0) is 54.0 Å². The zero-order valence-electron chi connectivity index (χ0n) is 10.3. The minimum absolute atomic E-state index is 0.00911. The molecule has 0 aliphatic carbocycles. The summed E-state index contributed by atoms with van der Waals surface area (Å²) >= 11 is 1.85. The average Bonchev–Trinajstić information content (AvgIpc) is 2.42. The third-order valence-corrected chi connectivity index (χ3v) is 4.29. The molecular formula is C13H15F2IN2O. The number of rotatable bonds is 2. The molecule has 1 amide bonds. The summed E-state index contributed by atoms with van der Waals surface area (Å²) in [6, 6.07) is 2.01. The highest BCUT2D eigenvalue weighted by Crippen LogP contribution is 2.23. The molecule has 0 radical (unpaired) electrons. The maximum atomic E-state index is 13.3. The summed E-state index contributed by atoms with van der Waals surface area (Å²) in [4.78, 5) is 14.1. The van der Waals surface area contributed by atoms with E-state index in [9.17, 15) is 13.6 Å². The van der Waals surface area contributed by atoms with E-state index in [1.807, 2.05) is 22.6 Å². The van der Waals surface area contributed by atoms with Crippen molar-refractivity contribution in [2.24, 2.45) is 5.73 Å². The number of likely N-dealkylation sites (tertiary alicyclic amines) is 1. The van der Waals surface area contributed by atoms with E-state index in [4.69, 9.17) is 5.73 Å². The fourth-order valence-corrected chi connectivity index (χ4v) is 3.01. The Hall–Kier alpha value is -0.760. The van der Waals surface area contributed by atoms with Gasteiger partial charge in [-0.2, -0.15) is 0 Å². The van der Waals surface area contributed by atoms with Crippen molar-refractivity contribution in [2.45, 2.75) is 25.3 Å². The van der Waals surface area contributed by atoms with Gasteiger partial charge in [-0.1, -0.05) is 0 Å². The molecule has 0 aromatic heterocycles. The van der Waals surface area contributed by atoms with Crippen molar-refractivity contribution < 1.29 is 13.6 Å². The van der Waals surface area contributed by atoms with Crippen LogP contribution in [0.5, 0.6) is 0 Å². The quantitative estimate of drug-likeness (QED) is 0.633. The second kappa shape index (κ2) is 6.13. The second-order valence-corrected chi connectivity index (χ2v) is 5.79. The van der Waals surface area contributed by atoms with Gasteiger partial charge in [-0.25, -0.2) is 8.78 Å². The molecule has 1 atom stereocenters. The molecule has 1 aliphatic heterocycles. The molecule has 1 aliphatic rings. The van der Waals surface area contributed by atoms with Gasteiger partial charge in [0.15, 0.2) is 11.6 Å². The number of amides is 1. The first-order valence-electron chi connectivity index (χ1n) is 6.20. The van der Waals surface area contributed by atoms with Crippen molar-refractivity contribution in [3.05, 3.63) is 32.9 Å². The van der Waals surface area contributed by atoms with Gasteiger partial charge < -0.3 is 10.6 Å². The second-order valence-electron chi connectivity index (χ2n) is 4.63. The van der Waals surface area contributed by atoms with Gasteiger partial charge in [0.1, 0.15) is 0 Å². The lowest BCUT2D eigenvalue weighted by atomic mass is 10.0. The number of piperidine rings is 1. The van der Waals surface area contributed by atoms with E-state index in [1.165, 1.54) is 0 Å². The Morgan fingerprint density at radius 2 is 2.05 bits per heavy atom. The van der Waals surface area contributed by atoms with Crippen LogP contribution in [0.1, 0.15) is 29.6 Å². The molecule has 0 bridgehead atoms. The lowest BCUT2D eigenvalue weighted by Gasteiger charge is -2.35. The average molecular weight is 380 g/mol. The summed E-state index contributed by atoms with van der Waals surface area (Å²) in [6.07, 6.45) is 2.82. The molecule has 6 heteroatoms. The summed E-state index contributed by atoms with van der Waals surface area (Å²) in [5.41, 5.74) is 5.88. The summed E-state index contributed by atoms with van der Waals surface area (Å²) in [6.45, 7) is 1.02. The molecule has 1 aromatic carbocycles. The fourth-order valence-electron chi connectivity index (χ4n) is 2.35. The molecule has 0 spiro atoms. The predicted molar refractivity (Wildman–Crippen MR) is 76.8 cm³/mol. The lowest BCUT2D eigenvalue weighted by Crippen LogP contribution is -2.47. The van der Waals surface area contributed by atoms with Gasteiger partial charge in [0.2, 0.25) is 0 Å². The van der Waals surface area contributed by atoms with Crippen molar-refractivity contribution in [1.82, 2.24) is 4.90 Å². The van der Waals surface area contributed by atoms with Crippen molar-refractivity contribution in [1.29, 1.82) is 0 Å². The maximum Gasteiger partial charge on any atom is 0.255 e. The van der Waals surface area contributed by atoms with Crippen LogP contribution in [0.15, 0.2) is 12.1 Å². The standard InChI is InChI=1S/C13H15F2IN2O/c14-10-5-9(12(16)6-11(10)15)13(19)18-4-2-1-3-8(18)7-17/h5-6,8H,1-4,7,17H2. The Labute approximate surface area is 124 Å². The molecule has 2 rings (SSSR count). The van der Waals surface area contributed by atoms with Gasteiger partial charge in [0.25, 0.3) is 5.91 Å². The number of halogens is 3. The van der Waals surface area contributed by atoms with E-state index >= 15 is 0 Å². The van der Waals surface area contributed by atoms with Crippen molar-refractivity contribution in [3.63, 3.8) is 0 Å². The monoisotopic (exact) mass is 380 g/mol. The van der Waals surface area contributed by atoms with Gasteiger partial charge in [0.05, 0.1) is 5.56 Å². The summed E-state index contributed by atoms with van der Waals surface area (Å²) in [5.74, 6) is -2.20. The number of nitrogens with zero attached hydrogens (tertiary/aromatic N) is 1. The first-order valence-corrected chi connectivity index (χ1v) is 7.28. The van der Waals surface area contributed by atoms with E-state index in [1.54, 1.807) is 4.90 Å². The molecule has 1 aromatic rings. The van der Waals surface area contributed by atoms with E-state index in [0.717, 1.165) is 31.4 Å². The number of hydrogen-bond donors (Lipinski definition) is 1. The van der Waals surface area contributed by atoms with E-state index < -0.39 is 11.6 Å². The normalized spacial score (nSPS) is 19.6. The van der Waals surface area contributed by atoms with Crippen LogP contribution >= 0.6 is 22.6 Å². The number of nitrogens with two attached hydrogens (primary N) is 1. The van der Waals surface area contributed by atoms with Crippen molar-refractivity contribution in [2.75, 3.05) is 13.1 Å². The van der Waals surface area contributed by atoms with Crippen LogP contribution in [0, 0.1) is 15.2 Å². The van der Waals surface area contributed by atoms with Gasteiger partial charge in [-0.3, -0.25) is 4.79 Å². The third-order valence-electron chi connectivity index (χ3n) is 3.40. The largest absolute Gasteiger partial charge is 0.334 e. The minimum atomic E-state index is -0.995. The Morgan fingerprint density at radius 3 is 2.74 bits per heavy atom. The molecule has 1 heterocycles. The SMILES string of the molecule is NCC1CCCCN1C(=O)c1cc(F)c(F)cc1I. The number of carbonyl (C=O) groups is 1. The number of carbonyl (C=O) groups excluding carboxylic acids is 1. The Bertz CT molecular complexity index is 496. The summed E-state index contributed by atoms with van der Waals surface area (Å²) in [7, 11) is 0. The van der Waals surface area contributed by atoms with Crippen molar-refractivity contribution in [3.8, 4) is 0 Å². The topological polar surface area (TPSA) is 46.3 Å². The molecule has 3 nitrogen and oxygen atoms in total. The number of hydrogen-bond acceptors (Lipinski definition) is 2. The van der Waals surface area contributed by atoms with Crippen LogP contribution < -0.4 is 5.73 Å². The van der Waals surface area contributed by atoms with Gasteiger partial charge >= 0.3 is 0 Å². The molecule has 0 saturated carbocycles. The van der Waals surface area contributed by atoms with E-state index in [2.05, 4.69) is 0 Å². The van der Waals surface area contributed by atoms with E-state index in [-0.39, 0.29) is 17.5 Å². The molecule has 1 saturated heterocycles. The highest BCUT2D eigenvalue weighted by molar-refractivity contribution is 14.1. The predicted octanol–water partition coefficient (Wildman–Crippen LogP) is 2.52. The molecule has 104 valence electrons. The highest BCUT2D eigenvalue weighted by atomic mass is 127. The minimum Gasteiger partial charge on any atom is -0.334 e. The number of benzene rings is 1. The first kappa shape index (κ1) is 14.6. The highest BCUT2D eigenvalue weighted by Gasteiger charge is 2.28. The Morgan fingerprint density at radius 1 is 1.37 bits per heavy atom. The lowest BCUT2D eigenvalue weighted by molar-refractivity contribution is 0.0621. The third kappa shape index (κ3) is 3.05. The van der Waals surface area contributed by atoms with Crippen LogP contribution in [-0.4, -0.2) is 29.9 Å². The fraction of sp³-hybridized carbons (Fsp3) is 0.462. The molecule has 19 heavy (non-hydrogen) atoms. The van der Waals surface area contributed by atoms with Crippen molar-refractivity contribution >= 4 is 28.5 Å². The molecule has 1 unspecified atom stereocenters. The van der Waals surface area contributed by atoms with Crippen LogP contribution in [0.4, 0.5) is 8.78 Å². The van der Waals surface area contributed by atoms with Gasteiger partial charge in [-0.15, -0.1) is 0 Å². The van der Waals surface area contributed by atoms with Crippen LogP contribution in [0.2, 0.25) is 0 Å². The molecule has 2 N–H and O–H groups in total. The first-order chi connectivity index (χ1) is 9.04. The van der Waals surface area contributed by atoms with Crippen LogP contribution in [0.25, 0.3) is 0 Å². The summed E-state index contributed by atoms with van der Waals surface area (Å²) < 4.78 is 26.8. The molecular weight excluding hydrogens is 365 g/mol. The zero-order valence-corrected chi connectivity index (χ0v) is 12.5. The maximum absolute atomic E-state index is 13.3. The zero-order chi connectivity index (χ0) is 14.0. The van der Waals surface area contributed by atoms with Gasteiger partial charge in [0, 0.05) is 22.7 Å². The van der Waals surface area contributed by atoms with Crippen LogP contribution in [0.3, 0.4) is 0 Å². The van der Waals surface area contributed by atoms with Crippen LogP contribution in [-0.2, 0) is 0 Å². The molecule has 1 fully saturated rings. The Balaban J connectivity index is 2.30. The van der Waals surface area contributed by atoms with E-state index in [0.29, 0.717) is 16.7 Å². The summed E-state index contributed by atoms with van der Waals surface area (Å²) in [5, 5.41) is 0.